The van der Waals surface area contributed by atoms with E-state index >= 15 is 0 Å². The third kappa shape index (κ3) is 3.38. The van der Waals surface area contributed by atoms with Gasteiger partial charge in [-0.3, -0.25) is 4.90 Å². The molecule has 0 saturated heterocycles. The summed E-state index contributed by atoms with van der Waals surface area (Å²) >= 11 is 3.32. The van der Waals surface area contributed by atoms with Crippen LogP contribution in [0.25, 0.3) is 10.9 Å². The molecule has 1 aliphatic heterocycles. The first-order valence-corrected chi connectivity index (χ1v) is 9.41. The fraction of sp³-hybridized carbons (Fsp3) is 0.300. The van der Waals surface area contributed by atoms with Gasteiger partial charge in [-0.25, -0.2) is 4.39 Å². The van der Waals surface area contributed by atoms with Crippen molar-refractivity contribution in [2.24, 2.45) is 0 Å². The largest absolute Gasteiger partial charge is 0.401 e. The molecule has 2 atom stereocenters. The van der Waals surface area contributed by atoms with Gasteiger partial charge in [-0.15, -0.1) is 0 Å². The number of aromatic nitrogens is 1. The number of hydrogen-bond donors (Lipinski definition) is 1. The Hall–Kier alpha value is -1.86. The maximum atomic E-state index is 14.7. The lowest BCUT2D eigenvalue weighted by atomic mass is 9.88. The lowest BCUT2D eigenvalue weighted by molar-refractivity contribution is -0.155. The molecular weight excluding hydrogens is 424 g/mol. The van der Waals surface area contributed by atoms with Crippen LogP contribution in [0.1, 0.15) is 29.8 Å². The highest BCUT2D eigenvalue weighted by Crippen LogP contribution is 2.43. The first-order chi connectivity index (χ1) is 12.7. The molecule has 4 rings (SSSR count). The molecule has 0 fully saturated rings. The molecule has 0 spiro atoms. The number of alkyl halides is 3. The SMILES string of the molecule is C[C@@H]1Cc2c([nH]c3ccccc23)[C@@H](c2cc(Br)ccc2F)N1CC(F)(F)F. The van der Waals surface area contributed by atoms with Gasteiger partial charge in [-0.1, -0.05) is 34.1 Å². The second kappa shape index (κ2) is 6.63. The molecule has 142 valence electrons. The predicted octanol–water partition coefficient (Wildman–Crippen LogP) is 5.97. The quantitative estimate of drug-likeness (QED) is 0.486. The van der Waals surface area contributed by atoms with Crippen LogP contribution in [0.4, 0.5) is 17.6 Å². The number of nitrogens with zero attached hydrogens (tertiary/aromatic N) is 1. The van der Waals surface area contributed by atoms with Gasteiger partial charge in [0.2, 0.25) is 0 Å². The Labute approximate surface area is 162 Å². The van der Waals surface area contributed by atoms with E-state index in [2.05, 4.69) is 20.9 Å². The second-order valence-electron chi connectivity index (χ2n) is 6.97. The minimum atomic E-state index is -4.38. The van der Waals surface area contributed by atoms with Gasteiger partial charge in [-0.05, 0) is 43.2 Å². The third-order valence-electron chi connectivity index (χ3n) is 5.13. The monoisotopic (exact) mass is 440 g/mol. The lowest BCUT2D eigenvalue weighted by Gasteiger charge is -2.41. The summed E-state index contributed by atoms with van der Waals surface area (Å²) in [5.41, 5.74) is 2.67. The zero-order chi connectivity index (χ0) is 19.3. The Morgan fingerprint density at radius 2 is 1.93 bits per heavy atom. The molecule has 1 aliphatic rings. The summed E-state index contributed by atoms with van der Waals surface area (Å²) in [6.45, 7) is 0.666. The van der Waals surface area contributed by atoms with Crippen molar-refractivity contribution in [2.45, 2.75) is 31.6 Å². The van der Waals surface area contributed by atoms with E-state index in [0.717, 1.165) is 16.5 Å². The summed E-state index contributed by atoms with van der Waals surface area (Å²) in [6, 6.07) is 10.8. The highest BCUT2D eigenvalue weighted by molar-refractivity contribution is 9.10. The molecule has 0 radical (unpaired) electrons. The number of aromatic amines is 1. The first-order valence-electron chi connectivity index (χ1n) is 8.61. The van der Waals surface area contributed by atoms with E-state index in [-0.39, 0.29) is 11.6 Å². The Bertz CT molecular complexity index is 995. The van der Waals surface area contributed by atoms with Crippen molar-refractivity contribution >= 4 is 26.8 Å². The Balaban J connectivity index is 1.95. The van der Waals surface area contributed by atoms with Crippen molar-refractivity contribution in [3.05, 3.63) is 69.6 Å². The van der Waals surface area contributed by atoms with Gasteiger partial charge in [0.1, 0.15) is 5.82 Å². The molecule has 3 aromatic rings. The number of hydrogen-bond acceptors (Lipinski definition) is 1. The Kier molecular flexibility index (Phi) is 4.55. The molecule has 27 heavy (non-hydrogen) atoms. The van der Waals surface area contributed by atoms with Crippen LogP contribution in [0.2, 0.25) is 0 Å². The van der Waals surface area contributed by atoms with Crippen LogP contribution in [-0.2, 0) is 6.42 Å². The lowest BCUT2D eigenvalue weighted by Crippen LogP contribution is -2.47. The molecule has 0 bridgehead atoms. The maximum Gasteiger partial charge on any atom is 0.401 e. The number of nitrogens with one attached hydrogen (secondary N) is 1. The van der Waals surface area contributed by atoms with Gasteiger partial charge < -0.3 is 4.98 Å². The van der Waals surface area contributed by atoms with E-state index in [1.165, 1.54) is 11.0 Å². The second-order valence-corrected chi connectivity index (χ2v) is 7.89. The average molecular weight is 441 g/mol. The molecule has 2 nitrogen and oxygen atoms in total. The summed E-state index contributed by atoms with van der Waals surface area (Å²) in [5.74, 6) is -0.519. The van der Waals surface area contributed by atoms with E-state index in [0.29, 0.717) is 16.6 Å². The smallest absolute Gasteiger partial charge is 0.357 e. The third-order valence-corrected chi connectivity index (χ3v) is 5.63. The van der Waals surface area contributed by atoms with Crippen LogP contribution in [0.3, 0.4) is 0 Å². The molecule has 0 amide bonds. The number of para-hydroxylation sites is 1. The molecule has 0 unspecified atom stereocenters. The van der Waals surface area contributed by atoms with Gasteiger partial charge in [0.25, 0.3) is 0 Å². The van der Waals surface area contributed by atoms with E-state index in [1.54, 1.807) is 19.1 Å². The molecule has 7 heteroatoms. The van der Waals surface area contributed by atoms with Gasteiger partial charge in [0.15, 0.2) is 0 Å². The number of rotatable bonds is 2. The predicted molar refractivity (Wildman–Crippen MR) is 100 cm³/mol. The van der Waals surface area contributed by atoms with Gasteiger partial charge >= 0.3 is 6.18 Å². The zero-order valence-corrected chi connectivity index (χ0v) is 16.0. The van der Waals surface area contributed by atoms with Crippen molar-refractivity contribution < 1.29 is 17.6 Å². The highest BCUT2D eigenvalue weighted by Gasteiger charge is 2.42. The van der Waals surface area contributed by atoms with Crippen LogP contribution in [-0.4, -0.2) is 28.6 Å². The molecule has 0 saturated carbocycles. The van der Waals surface area contributed by atoms with E-state index < -0.39 is 24.6 Å². The van der Waals surface area contributed by atoms with Crippen molar-refractivity contribution in [3.63, 3.8) is 0 Å². The number of benzene rings is 2. The molecule has 1 aromatic heterocycles. The van der Waals surface area contributed by atoms with E-state index in [1.807, 2.05) is 24.3 Å². The van der Waals surface area contributed by atoms with Crippen LogP contribution >= 0.6 is 15.9 Å². The van der Waals surface area contributed by atoms with E-state index in [4.69, 9.17) is 0 Å². The summed E-state index contributed by atoms with van der Waals surface area (Å²) in [4.78, 5) is 4.59. The van der Waals surface area contributed by atoms with Crippen molar-refractivity contribution in [1.82, 2.24) is 9.88 Å². The topological polar surface area (TPSA) is 19.0 Å². The zero-order valence-electron chi connectivity index (χ0n) is 14.4. The van der Waals surface area contributed by atoms with E-state index in [9.17, 15) is 17.6 Å². The molecule has 2 aromatic carbocycles. The number of halogens is 5. The van der Waals surface area contributed by atoms with Crippen LogP contribution in [0.5, 0.6) is 0 Å². The molecule has 1 N–H and O–H groups in total. The minimum absolute atomic E-state index is 0.230. The van der Waals surface area contributed by atoms with Crippen LogP contribution < -0.4 is 0 Å². The number of fused-ring (bicyclic) bond motifs is 3. The van der Waals surface area contributed by atoms with Gasteiger partial charge in [0, 0.05) is 32.7 Å². The fourth-order valence-electron chi connectivity index (χ4n) is 4.02. The van der Waals surface area contributed by atoms with Crippen LogP contribution in [0, 0.1) is 5.82 Å². The summed E-state index contributed by atoms with van der Waals surface area (Å²) in [6.07, 6.45) is -3.90. The number of H-pyrrole nitrogens is 1. The first kappa shape index (κ1) is 18.5. The average Bonchev–Trinajstić information content (AvgIpc) is 2.95. The minimum Gasteiger partial charge on any atom is -0.357 e. The summed E-state index contributed by atoms with van der Waals surface area (Å²) in [5, 5.41) is 0.978. The molecule has 2 heterocycles. The molecular formula is C20H17BrF4N2. The van der Waals surface area contributed by atoms with Crippen LogP contribution in [0.15, 0.2) is 46.9 Å². The highest BCUT2D eigenvalue weighted by atomic mass is 79.9. The molecule has 0 aliphatic carbocycles. The van der Waals surface area contributed by atoms with Crippen molar-refractivity contribution in [3.8, 4) is 0 Å². The Morgan fingerprint density at radius 1 is 1.19 bits per heavy atom. The van der Waals surface area contributed by atoms with Crippen molar-refractivity contribution in [1.29, 1.82) is 0 Å². The van der Waals surface area contributed by atoms with Crippen molar-refractivity contribution in [2.75, 3.05) is 6.54 Å². The standard InChI is InChI=1S/C20H17BrF4N2/c1-11-8-14-13-4-2-3-5-17(13)26-18(14)19(27(11)10-20(23,24)25)15-9-12(21)6-7-16(15)22/h2-7,9,11,19,26H,8,10H2,1H3/t11-,19-/m1/s1. The maximum absolute atomic E-state index is 14.7. The fourth-order valence-corrected chi connectivity index (χ4v) is 4.40. The summed E-state index contributed by atoms with van der Waals surface area (Å²) < 4.78 is 55.2. The normalized spacial score (nSPS) is 20.8. The summed E-state index contributed by atoms with van der Waals surface area (Å²) in [7, 11) is 0. The van der Waals surface area contributed by atoms with Gasteiger partial charge in [-0.2, -0.15) is 13.2 Å². The Morgan fingerprint density at radius 3 is 2.67 bits per heavy atom. The van der Waals surface area contributed by atoms with Gasteiger partial charge in [0.05, 0.1) is 12.6 Å².